The van der Waals surface area contributed by atoms with Gasteiger partial charge in [0.2, 0.25) is 0 Å². The summed E-state index contributed by atoms with van der Waals surface area (Å²) >= 11 is 15.0. The Bertz CT molecular complexity index is 436. The van der Waals surface area contributed by atoms with Gasteiger partial charge in [-0.05, 0) is 24.4 Å². The van der Waals surface area contributed by atoms with Crippen LogP contribution in [0.1, 0.15) is 18.5 Å². The SMILES string of the molecule is CC(Nc1ccsc1)c1cc(Cl)sc1Cl. The molecule has 5 heteroatoms. The molecule has 0 radical (unpaired) electrons. The van der Waals surface area contributed by atoms with Gasteiger partial charge in [0.05, 0.1) is 14.7 Å². The monoisotopic (exact) mass is 277 g/mol. The van der Waals surface area contributed by atoms with Crippen LogP contribution in [0.25, 0.3) is 0 Å². The molecule has 0 bridgehead atoms. The van der Waals surface area contributed by atoms with Crippen LogP contribution in [-0.2, 0) is 0 Å². The van der Waals surface area contributed by atoms with Gasteiger partial charge in [0.15, 0.2) is 0 Å². The molecule has 1 nitrogen and oxygen atoms in total. The Labute approximate surface area is 107 Å². The van der Waals surface area contributed by atoms with E-state index < -0.39 is 0 Å². The van der Waals surface area contributed by atoms with Crippen molar-refractivity contribution in [3.8, 4) is 0 Å². The second kappa shape index (κ2) is 4.74. The number of nitrogens with one attached hydrogen (secondary N) is 1. The molecule has 0 spiro atoms. The molecule has 2 rings (SSSR count). The van der Waals surface area contributed by atoms with E-state index in [9.17, 15) is 0 Å². The summed E-state index contributed by atoms with van der Waals surface area (Å²) < 4.78 is 1.49. The van der Waals surface area contributed by atoms with Gasteiger partial charge in [0, 0.05) is 16.6 Å². The van der Waals surface area contributed by atoms with Crippen molar-refractivity contribution in [2.75, 3.05) is 5.32 Å². The lowest BCUT2D eigenvalue weighted by Gasteiger charge is -2.12. The molecule has 2 heterocycles. The molecule has 15 heavy (non-hydrogen) atoms. The first-order chi connectivity index (χ1) is 7.16. The van der Waals surface area contributed by atoms with Crippen molar-refractivity contribution in [1.82, 2.24) is 0 Å². The number of rotatable bonds is 3. The maximum atomic E-state index is 6.08. The zero-order valence-electron chi connectivity index (χ0n) is 7.96. The molecular weight excluding hydrogens is 269 g/mol. The Hall–Kier alpha value is -0.220. The molecule has 1 N–H and O–H groups in total. The highest BCUT2D eigenvalue weighted by atomic mass is 35.5. The van der Waals surface area contributed by atoms with Crippen LogP contribution in [0.15, 0.2) is 22.9 Å². The molecule has 1 unspecified atom stereocenters. The van der Waals surface area contributed by atoms with E-state index in [1.54, 1.807) is 11.3 Å². The van der Waals surface area contributed by atoms with Crippen molar-refractivity contribution in [2.24, 2.45) is 0 Å². The maximum Gasteiger partial charge on any atom is 0.0996 e. The lowest BCUT2D eigenvalue weighted by molar-refractivity contribution is 0.892. The van der Waals surface area contributed by atoms with E-state index >= 15 is 0 Å². The molecule has 80 valence electrons. The third-order valence-corrected chi connectivity index (χ3v) is 4.26. The van der Waals surface area contributed by atoms with Gasteiger partial charge in [-0.2, -0.15) is 11.3 Å². The van der Waals surface area contributed by atoms with Gasteiger partial charge in [-0.3, -0.25) is 0 Å². The lowest BCUT2D eigenvalue weighted by Crippen LogP contribution is -2.04. The first-order valence-electron chi connectivity index (χ1n) is 4.40. The summed E-state index contributed by atoms with van der Waals surface area (Å²) in [5.74, 6) is 0. The molecule has 0 fully saturated rings. The summed E-state index contributed by atoms with van der Waals surface area (Å²) in [5, 5.41) is 7.47. The Kier molecular flexibility index (Phi) is 3.57. The largest absolute Gasteiger partial charge is 0.378 e. The van der Waals surface area contributed by atoms with Gasteiger partial charge in [-0.1, -0.05) is 23.2 Å². The highest BCUT2D eigenvalue weighted by molar-refractivity contribution is 7.20. The molecule has 0 aromatic carbocycles. The van der Waals surface area contributed by atoms with Crippen LogP contribution in [0, 0.1) is 0 Å². The first-order valence-corrected chi connectivity index (χ1v) is 6.92. The van der Waals surface area contributed by atoms with E-state index in [1.165, 1.54) is 11.3 Å². The maximum absolute atomic E-state index is 6.08. The average molecular weight is 278 g/mol. The minimum absolute atomic E-state index is 0.177. The van der Waals surface area contributed by atoms with Crippen LogP contribution in [-0.4, -0.2) is 0 Å². The standard InChI is InChI=1S/C10H9Cl2NS2/c1-6(13-7-2-3-14-5-7)8-4-9(11)15-10(8)12/h2-6,13H,1H3. The number of hydrogen-bond acceptors (Lipinski definition) is 3. The van der Waals surface area contributed by atoms with E-state index in [0.717, 1.165) is 19.9 Å². The van der Waals surface area contributed by atoms with Gasteiger partial charge in [0.1, 0.15) is 0 Å². The van der Waals surface area contributed by atoms with Crippen molar-refractivity contribution in [3.05, 3.63) is 37.1 Å². The summed E-state index contributed by atoms with van der Waals surface area (Å²) in [6.45, 7) is 2.07. The van der Waals surface area contributed by atoms with Crippen molar-refractivity contribution in [3.63, 3.8) is 0 Å². The third kappa shape index (κ3) is 2.67. The van der Waals surface area contributed by atoms with Gasteiger partial charge in [-0.15, -0.1) is 11.3 Å². The number of anilines is 1. The summed E-state index contributed by atoms with van der Waals surface area (Å²) in [6.07, 6.45) is 0. The smallest absolute Gasteiger partial charge is 0.0996 e. The number of hydrogen-bond donors (Lipinski definition) is 1. The molecule has 0 saturated carbocycles. The molecular formula is C10H9Cl2NS2. The lowest BCUT2D eigenvalue weighted by atomic mass is 10.2. The fourth-order valence-electron chi connectivity index (χ4n) is 1.32. The Morgan fingerprint density at radius 2 is 2.20 bits per heavy atom. The molecule has 0 saturated heterocycles. The molecule has 2 aromatic heterocycles. The van der Waals surface area contributed by atoms with Crippen molar-refractivity contribution in [1.29, 1.82) is 0 Å². The fourth-order valence-corrected chi connectivity index (χ4v) is 3.57. The fraction of sp³-hybridized carbons (Fsp3) is 0.200. The van der Waals surface area contributed by atoms with Gasteiger partial charge in [-0.25, -0.2) is 0 Å². The third-order valence-electron chi connectivity index (χ3n) is 2.05. The Morgan fingerprint density at radius 1 is 1.40 bits per heavy atom. The Morgan fingerprint density at radius 3 is 2.73 bits per heavy atom. The quantitative estimate of drug-likeness (QED) is 0.804. The van der Waals surface area contributed by atoms with E-state index in [2.05, 4.69) is 17.6 Å². The molecule has 1 atom stereocenters. The number of halogens is 2. The molecule has 2 aromatic rings. The predicted octanol–water partition coefficient (Wildman–Crippen LogP) is 5.29. The summed E-state index contributed by atoms with van der Waals surface area (Å²) in [6, 6.07) is 4.14. The summed E-state index contributed by atoms with van der Waals surface area (Å²) in [4.78, 5) is 0. The van der Waals surface area contributed by atoms with Crippen LogP contribution in [0.4, 0.5) is 5.69 Å². The van der Waals surface area contributed by atoms with E-state index in [-0.39, 0.29) is 6.04 Å². The van der Waals surface area contributed by atoms with E-state index in [4.69, 9.17) is 23.2 Å². The highest BCUT2D eigenvalue weighted by Gasteiger charge is 2.13. The topological polar surface area (TPSA) is 12.0 Å². The molecule has 0 aliphatic carbocycles. The van der Waals surface area contributed by atoms with Crippen LogP contribution in [0.3, 0.4) is 0 Å². The Balaban J connectivity index is 2.14. The minimum Gasteiger partial charge on any atom is -0.378 e. The first kappa shape index (κ1) is 11.3. The minimum atomic E-state index is 0.177. The molecule has 0 aliphatic heterocycles. The van der Waals surface area contributed by atoms with E-state index in [0.29, 0.717) is 0 Å². The van der Waals surface area contributed by atoms with Crippen LogP contribution < -0.4 is 5.32 Å². The second-order valence-corrected chi connectivity index (χ2v) is 6.22. The molecule has 0 aliphatic rings. The van der Waals surface area contributed by atoms with Crippen molar-refractivity contribution in [2.45, 2.75) is 13.0 Å². The van der Waals surface area contributed by atoms with Crippen molar-refractivity contribution < 1.29 is 0 Å². The normalized spacial score (nSPS) is 12.7. The average Bonchev–Trinajstić information content (AvgIpc) is 2.75. The predicted molar refractivity (Wildman–Crippen MR) is 70.7 cm³/mol. The van der Waals surface area contributed by atoms with Crippen LogP contribution in [0.2, 0.25) is 8.67 Å². The van der Waals surface area contributed by atoms with Gasteiger partial charge >= 0.3 is 0 Å². The second-order valence-electron chi connectivity index (χ2n) is 3.16. The van der Waals surface area contributed by atoms with Crippen LogP contribution in [0.5, 0.6) is 0 Å². The van der Waals surface area contributed by atoms with Crippen molar-refractivity contribution >= 4 is 51.6 Å². The highest BCUT2D eigenvalue weighted by Crippen LogP contribution is 2.36. The summed E-state index contributed by atoms with van der Waals surface area (Å²) in [5.41, 5.74) is 2.17. The summed E-state index contributed by atoms with van der Waals surface area (Å²) in [7, 11) is 0. The zero-order chi connectivity index (χ0) is 10.8. The van der Waals surface area contributed by atoms with Crippen LogP contribution >= 0.6 is 45.9 Å². The number of thiophene rings is 2. The van der Waals surface area contributed by atoms with Gasteiger partial charge in [0.25, 0.3) is 0 Å². The van der Waals surface area contributed by atoms with E-state index in [1.807, 2.05) is 17.5 Å². The zero-order valence-corrected chi connectivity index (χ0v) is 11.1. The van der Waals surface area contributed by atoms with Gasteiger partial charge < -0.3 is 5.32 Å². The molecule has 0 amide bonds.